The van der Waals surface area contributed by atoms with Gasteiger partial charge in [-0.15, -0.1) is 11.3 Å². The first kappa shape index (κ1) is 21.0. The fraction of sp³-hybridized carbons (Fsp3) is 0.190. The van der Waals surface area contributed by atoms with E-state index in [-0.39, 0.29) is 22.1 Å². The van der Waals surface area contributed by atoms with E-state index in [0.717, 1.165) is 23.0 Å². The maximum Gasteiger partial charge on any atom is 0.349 e. The van der Waals surface area contributed by atoms with Crippen LogP contribution in [0, 0.1) is 19.7 Å². The average Bonchev–Trinajstić information content (AvgIpc) is 3.12. The van der Waals surface area contributed by atoms with Gasteiger partial charge >= 0.3 is 5.97 Å². The highest BCUT2D eigenvalue weighted by atomic mass is 32.2. The van der Waals surface area contributed by atoms with Gasteiger partial charge in [-0.25, -0.2) is 17.6 Å². The number of esters is 1. The first-order chi connectivity index (χ1) is 13.7. The van der Waals surface area contributed by atoms with Crippen LogP contribution in [0.5, 0.6) is 0 Å². The maximum atomic E-state index is 13.9. The molecule has 3 rings (SSSR count). The number of rotatable bonds is 6. The van der Waals surface area contributed by atoms with E-state index >= 15 is 0 Å². The molecule has 0 aliphatic heterocycles. The van der Waals surface area contributed by atoms with Crippen LogP contribution in [0.15, 0.2) is 52.7 Å². The van der Waals surface area contributed by atoms with Crippen molar-refractivity contribution in [1.82, 2.24) is 0 Å². The number of ether oxygens (including phenoxy) is 1. The molecule has 0 saturated carbocycles. The summed E-state index contributed by atoms with van der Waals surface area (Å²) in [7, 11) is -4.19. The van der Waals surface area contributed by atoms with Crippen LogP contribution in [0.25, 0.3) is 11.1 Å². The Morgan fingerprint density at radius 1 is 1.14 bits per heavy atom. The lowest BCUT2D eigenvalue weighted by atomic mass is 10.1. The molecule has 1 heterocycles. The van der Waals surface area contributed by atoms with Gasteiger partial charge in [0.1, 0.15) is 15.6 Å². The summed E-state index contributed by atoms with van der Waals surface area (Å²) >= 11 is 0.999. The Balaban J connectivity index is 2.13. The third-order valence-corrected chi connectivity index (χ3v) is 6.82. The molecule has 1 aromatic heterocycles. The third kappa shape index (κ3) is 4.49. The van der Waals surface area contributed by atoms with Crippen molar-refractivity contribution in [2.75, 3.05) is 11.3 Å². The molecule has 3 aromatic rings. The topological polar surface area (TPSA) is 72.5 Å². The molecule has 0 saturated heterocycles. The molecule has 0 unspecified atom stereocenters. The van der Waals surface area contributed by atoms with E-state index in [0.29, 0.717) is 16.7 Å². The Labute approximate surface area is 173 Å². The minimum absolute atomic E-state index is 0.0255. The minimum atomic E-state index is -4.19. The van der Waals surface area contributed by atoms with Crippen LogP contribution in [-0.2, 0) is 14.8 Å². The van der Waals surface area contributed by atoms with Gasteiger partial charge in [0, 0.05) is 10.9 Å². The van der Waals surface area contributed by atoms with Gasteiger partial charge in [0.25, 0.3) is 10.0 Å². The molecule has 0 amide bonds. The molecule has 0 atom stereocenters. The molecule has 0 bridgehead atoms. The quantitative estimate of drug-likeness (QED) is 0.546. The summed E-state index contributed by atoms with van der Waals surface area (Å²) in [5.74, 6) is -1.24. The van der Waals surface area contributed by atoms with E-state index in [2.05, 4.69) is 4.72 Å². The summed E-state index contributed by atoms with van der Waals surface area (Å²) in [5.41, 5.74) is 2.53. The number of hydrogen-bond donors (Lipinski definition) is 1. The van der Waals surface area contributed by atoms with Crippen LogP contribution in [-0.4, -0.2) is 21.0 Å². The van der Waals surface area contributed by atoms with Crippen LogP contribution in [0.1, 0.15) is 27.7 Å². The number of sulfonamides is 1. The Bertz CT molecular complexity index is 1150. The molecule has 29 heavy (non-hydrogen) atoms. The zero-order valence-electron chi connectivity index (χ0n) is 16.2. The largest absolute Gasteiger partial charge is 0.462 e. The molecule has 0 radical (unpaired) electrons. The highest BCUT2D eigenvalue weighted by Gasteiger charge is 2.30. The van der Waals surface area contributed by atoms with Crippen LogP contribution in [0.4, 0.5) is 10.1 Å². The predicted molar refractivity (Wildman–Crippen MR) is 112 cm³/mol. The van der Waals surface area contributed by atoms with Crippen molar-refractivity contribution >= 4 is 33.0 Å². The number of hydrogen-bond acceptors (Lipinski definition) is 5. The Morgan fingerprint density at radius 3 is 2.45 bits per heavy atom. The van der Waals surface area contributed by atoms with E-state index < -0.39 is 21.8 Å². The number of anilines is 1. The van der Waals surface area contributed by atoms with Gasteiger partial charge in [-0.3, -0.25) is 4.72 Å². The summed E-state index contributed by atoms with van der Waals surface area (Å²) in [5, 5.41) is 1.61. The van der Waals surface area contributed by atoms with Crippen molar-refractivity contribution in [2.24, 2.45) is 0 Å². The van der Waals surface area contributed by atoms with E-state index in [1.807, 2.05) is 19.1 Å². The number of carbonyl (C=O) groups excluding carboxylic acids is 1. The van der Waals surface area contributed by atoms with Crippen molar-refractivity contribution in [1.29, 1.82) is 0 Å². The van der Waals surface area contributed by atoms with Gasteiger partial charge in [-0.05, 0) is 44.0 Å². The second kappa shape index (κ2) is 8.34. The lowest BCUT2D eigenvalue weighted by molar-refractivity contribution is 0.0528. The van der Waals surface area contributed by atoms with E-state index in [1.54, 1.807) is 31.4 Å². The van der Waals surface area contributed by atoms with E-state index in [9.17, 15) is 17.6 Å². The lowest BCUT2D eigenvalue weighted by Gasteiger charge is -2.12. The zero-order chi connectivity index (χ0) is 21.2. The van der Waals surface area contributed by atoms with Gasteiger partial charge < -0.3 is 4.74 Å². The average molecular weight is 434 g/mol. The number of thiophene rings is 1. The maximum absolute atomic E-state index is 13.9. The Kier molecular flexibility index (Phi) is 6.04. The summed E-state index contributed by atoms with van der Waals surface area (Å²) in [4.78, 5) is 12.2. The van der Waals surface area contributed by atoms with Crippen LogP contribution < -0.4 is 4.72 Å². The van der Waals surface area contributed by atoms with Crippen LogP contribution >= 0.6 is 11.3 Å². The second-order valence-electron chi connectivity index (χ2n) is 6.46. The lowest BCUT2D eigenvalue weighted by Crippen LogP contribution is -2.17. The molecular weight excluding hydrogens is 413 g/mol. The number of carbonyl (C=O) groups is 1. The Hall–Kier alpha value is -2.71. The summed E-state index contributed by atoms with van der Waals surface area (Å²) < 4.78 is 47.7. The molecule has 0 spiro atoms. The minimum Gasteiger partial charge on any atom is -0.462 e. The smallest absolute Gasteiger partial charge is 0.349 e. The molecule has 2 aromatic carbocycles. The first-order valence-corrected chi connectivity index (χ1v) is 11.2. The molecular formula is C21H20FNO4S2. The number of halogens is 1. The van der Waals surface area contributed by atoms with Crippen LogP contribution in [0.2, 0.25) is 0 Å². The van der Waals surface area contributed by atoms with Gasteiger partial charge in [-0.1, -0.05) is 35.9 Å². The van der Waals surface area contributed by atoms with Gasteiger partial charge in [-0.2, -0.15) is 0 Å². The van der Waals surface area contributed by atoms with Crippen molar-refractivity contribution in [3.05, 3.63) is 69.7 Å². The number of aryl methyl sites for hydroxylation is 2. The second-order valence-corrected chi connectivity index (χ2v) is 8.96. The molecule has 0 fully saturated rings. The van der Waals surface area contributed by atoms with Crippen molar-refractivity contribution < 1.29 is 22.3 Å². The number of benzene rings is 2. The van der Waals surface area contributed by atoms with Crippen molar-refractivity contribution in [3.8, 4) is 11.1 Å². The highest BCUT2D eigenvalue weighted by Crippen LogP contribution is 2.37. The summed E-state index contributed by atoms with van der Waals surface area (Å²) in [6, 6.07) is 11.3. The number of nitrogens with one attached hydrogen (secondary N) is 1. The SMILES string of the molecule is CCOC(=O)c1scc(-c2ccc(C)cc2)c1S(=O)(=O)Nc1ccc(C)c(F)c1. The zero-order valence-corrected chi connectivity index (χ0v) is 17.8. The normalized spacial score (nSPS) is 11.3. The summed E-state index contributed by atoms with van der Waals surface area (Å²) in [6.45, 7) is 5.27. The van der Waals surface area contributed by atoms with Crippen molar-refractivity contribution in [2.45, 2.75) is 25.7 Å². The van der Waals surface area contributed by atoms with Gasteiger partial charge in [0.2, 0.25) is 0 Å². The van der Waals surface area contributed by atoms with Crippen LogP contribution in [0.3, 0.4) is 0 Å². The monoisotopic (exact) mass is 433 g/mol. The molecule has 152 valence electrons. The molecule has 0 aliphatic carbocycles. The van der Waals surface area contributed by atoms with Crippen molar-refractivity contribution in [3.63, 3.8) is 0 Å². The molecule has 8 heteroatoms. The van der Waals surface area contributed by atoms with Gasteiger partial charge in [0.15, 0.2) is 0 Å². The fourth-order valence-corrected chi connectivity index (χ4v) is 5.49. The fourth-order valence-electron chi connectivity index (χ4n) is 2.75. The summed E-state index contributed by atoms with van der Waals surface area (Å²) in [6.07, 6.45) is 0. The molecule has 1 N–H and O–H groups in total. The Morgan fingerprint density at radius 2 is 1.83 bits per heavy atom. The van der Waals surface area contributed by atoms with E-state index in [1.165, 1.54) is 12.1 Å². The van der Waals surface area contributed by atoms with Gasteiger partial charge in [0.05, 0.1) is 12.3 Å². The standard InChI is InChI=1S/C21H20FNO4S2/c1-4-27-21(24)19-20(17(12-28-19)15-8-5-13(2)6-9-15)29(25,26)23-16-10-7-14(3)18(22)11-16/h5-12,23H,4H2,1-3H3. The third-order valence-electron chi connectivity index (χ3n) is 4.26. The van der Waals surface area contributed by atoms with E-state index in [4.69, 9.17) is 4.74 Å². The molecule has 5 nitrogen and oxygen atoms in total. The first-order valence-electron chi connectivity index (χ1n) is 8.87. The predicted octanol–water partition coefficient (Wildman–Crippen LogP) is 5.15. The highest BCUT2D eigenvalue weighted by molar-refractivity contribution is 7.93. The molecule has 0 aliphatic rings.